The molecule has 0 unspecified atom stereocenters. The third kappa shape index (κ3) is 4.57. The molecule has 0 saturated carbocycles. The molecule has 1 aromatic rings. The van der Waals surface area contributed by atoms with Crippen molar-refractivity contribution in [2.24, 2.45) is 21.5 Å². The molecular weight excluding hydrogens is 362 g/mol. The van der Waals surface area contributed by atoms with Crippen LogP contribution < -0.4 is 31.0 Å². The molecule has 0 radical (unpaired) electrons. The molecule has 1 atom stereocenters. The Morgan fingerprint density at radius 3 is 2.35 bits per heavy atom. The number of carbonyl (C=O) groups excluding carboxylic acids is 2. The summed E-state index contributed by atoms with van der Waals surface area (Å²) in [4.78, 5) is 31.5. The Balaban J connectivity index is 2.07. The molecule has 1 aromatic carbocycles. The number of rotatable bonds is 6. The van der Waals surface area contributed by atoms with Gasteiger partial charge in [-0.2, -0.15) is 9.98 Å². The number of aliphatic imine (C=N–C) groups is 2. The van der Waals surface area contributed by atoms with Gasteiger partial charge >= 0.3 is 0 Å². The number of nitrogens with two attached hydrogens (primary N) is 2. The van der Waals surface area contributed by atoms with E-state index in [9.17, 15) is 9.59 Å². The Bertz CT molecular complexity index is 751. The van der Waals surface area contributed by atoms with Crippen LogP contribution in [0.15, 0.2) is 22.1 Å². The first-order chi connectivity index (χ1) is 12.4. The van der Waals surface area contributed by atoms with Gasteiger partial charge in [-0.25, -0.2) is 0 Å². The van der Waals surface area contributed by atoms with Crippen molar-refractivity contribution < 1.29 is 23.8 Å². The minimum atomic E-state index is -0.685. The third-order valence-corrected chi connectivity index (χ3v) is 4.32. The quantitative estimate of drug-likeness (QED) is 0.470. The van der Waals surface area contributed by atoms with Crippen LogP contribution in [0.25, 0.3) is 0 Å². The van der Waals surface area contributed by atoms with E-state index in [0.29, 0.717) is 22.9 Å². The summed E-state index contributed by atoms with van der Waals surface area (Å²) in [5, 5.41) is 2.14. The van der Waals surface area contributed by atoms with Crippen molar-refractivity contribution >= 4 is 40.4 Å². The Morgan fingerprint density at radius 1 is 1.23 bits per heavy atom. The predicted octanol–water partition coefficient (Wildman–Crippen LogP) is 0.312. The summed E-state index contributed by atoms with van der Waals surface area (Å²) in [5.74, 6) is 0.149. The summed E-state index contributed by atoms with van der Waals surface area (Å²) in [6.45, 7) is 0. The van der Waals surface area contributed by atoms with Gasteiger partial charge in [0, 0.05) is 24.2 Å². The zero-order valence-corrected chi connectivity index (χ0v) is 15.3. The molecule has 140 valence electrons. The first-order valence-electron chi connectivity index (χ1n) is 7.36. The van der Waals surface area contributed by atoms with Crippen molar-refractivity contribution in [1.82, 2.24) is 0 Å². The molecular formula is C15H19N5O5S. The van der Waals surface area contributed by atoms with E-state index >= 15 is 0 Å². The second-order valence-corrected chi connectivity index (χ2v) is 6.21. The van der Waals surface area contributed by atoms with E-state index in [1.54, 1.807) is 12.1 Å². The number of carbonyl (C=O) groups is 2. The fourth-order valence-electron chi connectivity index (χ4n) is 2.19. The van der Waals surface area contributed by atoms with Crippen LogP contribution in [0.1, 0.15) is 6.42 Å². The van der Waals surface area contributed by atoms with Crippen molar-refractivity contribution in [3.8, 4) is 17.2 Å². The molecule has 0 fully saturated rings. The molecule has 2 amide bonds. The lowest BCUT2D eigenvalue weighted by Crippen LogP contribution is -2.23. The highest BCUT2D eigenvalue weighted by Crippen LogP contribution is 2.40. The van der Waals surface area contributed by atoms with E-state index in [1.807, 2.05) is 0 Å². The average Bonchev–Trinajstić information content (AvgIpc) is 2.91. The van der Waals surface area contributed by atoms with Crippen LogP contribution in [-0.4, -0.2) is 49.5 Å². The number of hydrogen-bond donors (Lipinski definition) is 3. The van der Waals surface area contributed by atoms with Gasteiger partial charge in [-0.15, -0.1) is 0 Å². The SMILES string of the molecule is COc1cc(NC(=O)C[C@H]2SC(N=C(N)N)=NC2=O)cc(OC)c1OC. The first-order valence-corrected chi connectivity index (χ1v) is 8.24. The highest BCUT2D eigenvalue weighted by Gasteiger charge is 2.30. The van der Waals surface area contributed by atoms with Gasteiger partial charge < -0.3 is 31.0 Å². The normalized spacial score (nSPS) is 15.9. The molecule has 0 saturated heterocycles. The van der Waals surface area contributed by atoms with E-state index in [2.05, 4.69) is 15.3 Å². The van der Waals surface area contributed by atoms with Crippen LogP contribution in [0.4, 0.5) is 5.69 Å². The van der Waals surface area contributed by atoms with E-state index < -0.39 is 11.2 Å². The number of guanidine groups is 1. The monoisotopic (exact) mass is 381 g/mol. The number of nitrogens with one attached hydrogen (secondary N) is 1. The van der Waals surface area contributed by atoms with Crippen LogP contribution in [0, 0.1) is 0 Å². The van der Waals surface area contributed by atoms with Crippen LogP contribution in [-0.2, 0) is 9.59 Å². The van der Waals surface area contributed by atoms with Gasteiger partial charge in [0.05, 0.1) is 21.3 Å². The number of nitrogens with zero attached hydrogens (tertiary/aromatic N) is 2. The number of amides is 2. The average molecular weight is 381 g/mol. The van der Waals surface area contributed by atoms with Crippen LogP contribution in [0.2, 0.25) is 0 Å². The number of hydrogen-bond acceptors (Lipinski definition) is 7. The van der Waals surface area contributed by atoms with Crippen molar-refractivity contribution in [2.45, 2.75) is 11.7 Å². The topological polar surface area (TPSA) is 151 Å². The van der Waals surface area contributed by atoms with Gasteiger partial charge in [-0.3, -0.25) is 9.59 Å². The third-order valence-electron chi connectivity index (χ3n) is 3.27. The molecule has 5 N–H and O–H groups in total. The zero-order chi connectivity index (χ0) is 19.3. The lowest BCUT2D eigenvalue weighted by Gasteiger charge is -2.15. The smallest absolute Gasteiger partial charge is 0.262 e. The highest BCUT2D eigenvalue weighted by atomic mass is 32.2. The van der Waals surface area contributed by atoms with Gasteiger partial charge in [-0.1, -0.05) is 11.8 Å². The first kappa shape index (κ1) is 19.4. The number of thioether (sulfide) groups is 1. The fourth-order valence-corrected chi connectivity index (χ4v) is 3.14. The lowest BCUT2D eigenvalue weighted by molar-refractivity contribution is -0.121. The van der Waals surface area contributed by atoms with Crippen LogP contribution in [0.5, 0.6) is 17.2 Å². The Morgan fingerprint density at radius 2 is 1.85 bits per heavy atom. The fraction of sp³-hybridized carbons (Fsp3) is 0.333. The van der Waals surface area contributed by atoms with Gasteiger partial charge in [0.15, 0.2) is 22.6 Å². The summed E-state index contributed by atoms with van der Waals surface area (Å²) in [7, 11) is 4.42. The minimum Gasteiger partial charge on any atom is -0.493 e. The number of amidine groups is 1. The summed E-state index contributed by atoms with van der Waals surface area (Å²) >= 11 is 1.03. The molecule has 2 rings (SSSR count). The molecule has 1 aliphatic heterocycles. The maximum absolute atomic E-state index is 12.3. The largest absolute Gasteiger partial charge is 0.493 e. The molecule has 26 heavy (non-hydrogen) atoms. The number of anilines is 1. The van der Waals surface area contributed by atoms with Gasteiger partial charge in [-0.05, 0) is 0 Å². The van der Waals surface area contributed by atoms with Gasteiger partial charge in [0.1, 0.15) is 5.25 Å². The number of ether oxygens (including phenoxy) is 3. The van der Waals surface area contributed by atoms with Crippen molar-refractivity contribution in [2.75, 3.05) is 26.6 Å². The van der Waals surface area contributed by atoms with Gasteiger partial charge in [0.25, 0.3) is 5.91 Å². The second-order valence-electron chi connectivity index (χ2n) is 5.04. The minimum absolute atomic E-state index is 0.0901. The Kier molecular flexibility index (Phi) is 6.28. The number of benzene rings is 1. The summed E-state index contributed by atoms with van der Waals surface area (Å²) in [5.41, 5.74) is 10.9. The van der Waals surface area contributed by atoms with E-state index in [0.717, 1.165) is 11.8 Å². The Hall–Kier alpha value is -2.95. The number of methoxy groups -OCH3 is 3. The Labute approximate surface area is 154 Å². The lowest BCUT2D eigenvalue weighted by atomic mass is 10.2. The predicted molar refractivity (Wildman–Crippen MR) is 99.0 cm³/mol. The summed E-state index contributed by atoms with van der Waals surface area (Å²) in [6.07, 6.45) is -0.0901. The molecule has 0 spiro atoms. The molecule has 1 aliphatic rings. The van der Waals surface area contributed by atoms with Crippen LogP contribution in [0.3, 0.4) is 0 Å². The summed E-state index contributed by atoms with van der Waals surface area (Å²) in [6, 6.07) is 3.18. The summed E-state index contributed by atoms with van der Waals surface area (Å²) < 4.78 is 15.7. The van der Waals surface area contributed by atoms with Gasteiger partial charge in [0.2, 0.25) is 11.7 Å². The van der Waals surface area contributed by atoms with Crippen molar-refractivity contribution in [3.63, 3.8) is 0 Å². The van der Waals surface area contributed by atoms with E-state index in [-0.39, 0.29) is 23.5 Å². The molecule has 1 heterocycles. The highest BCUT2D eigenvalue weighted by molar-refractivity contribution is 8.15. The molecule has 0 aromatic heterocycles. The second kappa shape index (κ2) is 8.43. The standard InChI is InChI=1S/C15H19N5O5S/c1-23-8-4-7(5-9(24-2)12(8)25-3)18-11(21)6-10-13(22)19-15(26-10)20-14(16)17/h4-5,10H,6H2,1-3H3,(H,18,21)(H4,16,17,19,20,22)/t10-/m1/s1. The maximum Gasteiger partial charge on any atom is 0.262 e. The maximum atomic E-state index is 12.3. The van der Waals surface area contributed by atoms with E-state index in [1.165, 1.54) is 21.3 Å². The van der Waals surface area contributed by atoms with Crippen molar-refractivity contribution in [1.29, 1.82) is 0 Å². The zero-order valence-electron chi connectivity index (χ0n) is 14.4. The van der Waals surface area contributed by atoms with Crippen molar-refractivity contribution in [3.05, 3.63) is 12.1 Å². The van der Waals surface area contributed by atoms with E-state index in [4.69, 9.17) is 25.7 Å². The molecule has 11 heteroatoms. The molecule has 0 bridgehead atoms. The molecule has 0 aliphatic carbocycles. The van der Waals surface area contributed by atoms with Crippen LogP contribution >= 0.6 is 11.8 Å². The molecule has 10 nitrogen and oxygen atoms in total.